The third-order valence-electron chi connectivity index (χ3n) is 9.26. The first kappa shape index (κ1) is 37.4. The van der Waals surface area contributed by atoms with Crippen molar-refractivity contribution in [3.63, 3.8) is 0 Å². The fourth-order valence-corrected chi connectivity index (χ4v) is 10.5. The summed E-state index contributed by atoms with van der Waals surface area (Å²) in [5.41, 5.74) is 12.7. The quantitative estimate of drug-likeness (QED) is 0.123. The maximum absolute atomic E-state index is 6.21. The molecule has 0 aliphatic carbocycles. The Labute approximate surface area is 323 Å². The van der Waals surface area contributed by atoms with E-state index in [9.17, 15) is 0 Å². The van der Waals surface area contributed by atoms with Gasteiger partial charge in [-0.25, -0.2) is 4.98 Å². The van der Waals surface area contributed by atoms with Crippen LogP contribution in [0.5, 0.6) is 0 Å². The molecule has 0 bridgehead atoms. The number of pyridine rings is 2. The van der Waals surface area contributed by atoms with Crippen LogP contribution in [0.3, 0.4) is 0 Å². The molecule has 0 amide bonds. The van der Waals surface area contributed by atoms with Gasteiger partial charge in [-0.1, -0.05) is 40.8 Å². The van der Waals surface area contributed by atoms with E-state index in [1.165, 1.54) is 22.3 Å². The molecule has 0 saturated carbocycles. The monoisotopic (exact) mass is 923 g/mol. The van der Waals surface area contributed by atoms with E-state index in [0.717, 1.165) is 62.1 Å². The zero-order valence-electron chi connectivity index (χ0n) is 31.1. The Hall–Kier alpha value is -4.36. The van der Waals surface area contributed by atoms with Crippen molar-refractivity contribution in [2.75, 3.05) is 0 Å². The first-order valence-electron chi connectivity index (χ1n) is 17.7. The van der Waals surface area contributed by atoms with Crippen LogP contribution in [0.1, 0.15) is 36.1 Å². The van der Waals surface area contributed by atoms with Crippen molar-refractivity contribution in [1.29, 1.82) is 0 Å². The van der Waals surface area contributed by atoms with Gasteiger partial charge in [0, 0.05) is 37.4 Å². The van der Waals surface area contributed by atoms with Crippen LogP contribution in [0.2, 0.25) is 17.3 Å². The molecule has 4 aromatic carbocycles. The maximum Gasteiger partial charge on any atom is 0.216 e. The predicted molar refractivity (Wildman–Crippen MR) is 215 cm³/mol. The van der Waals surface area contributed by atoms with Crippen LogP contribution in [0, 0.1) is 38.8 Å². The summed E-state index contributed by atoms with van der Waals surface area (Å²) in [5, 5.41) is 2.02. The smallest absolute Gasteiger partial charge is 0.216 e. The molecule has 7 heteroatoms. The molecule has 0 spiro atoms. The Morgan fingerprint density at radius 1 is 0.808 bits per heavy atom. The van der Waals surface area contributed by atoms with E-state index in [4.69, 9.17) is 14.4 Å². The minimum atomic E-state index is -1.86. The topological polar surface area (TPSA) is 56.7 Å². The largest absolute Gasteiger partial charge is 0.486 e. The van der Waals surface area contributed by atoms with Crippen LogP contribution in [-0.4, -0.2) is 32.8 Å². The van der Waals surface area contributed by atoms with Crippen molar-refractivity contribution in [2.24, 2.45) is 5.92 Å². The number of hydrogen-bond donors (Lipinski definition) is 0. The van der Waals surface area contributed by atoms with E-state index in [-0.39, 0.29) is 20.1 Å². The molecule has 8 aromatic rings. The van der Waals surface area contributed by atoms with Gasteiger partial charge in [-0.05, 0) is 56.2 Å². The molecule has 1 radical (unpaired) electrons. The van der Waals surface area contributed by atoms with Gasteiger partial charge in [-0.2, -0.15) is 0 Å². The van der Waals surface area contributed by atoms with E-state index in [2.05, 4.69) is 122 Å². The standard InChI is InChI=1S/C27H20N3O.C18H24GeN.Ir/c1-16-14-17(2)24(18(3)15-16)30-23-12-5-4-11-22(23)29-26(30)21-9-6-8-19-20-10-7-13-28-27(20)31-25(19)21;1-14(2)11-16-12-18(15-9-7-6-8-10-15)20-13-17(16)19(3,4)5;/h4-8,10-15H,1-3H3;6-9,12-14H,11H2,1-5H3;/q2*-1;. The van der Waals surface area contributed by atoms with Crippen LogP contribution >= 0.6 is 0 Å². The van der Waals surface area contributed by atoms with Gasteiger partial charge in [0.2, 0.25) is 5.71 Å². The molecular formula is C45H44GeIrN4O-2. The van der Waals surface area contributed by atoms with Crippen LogP contribution in [0.15, 0.2) is 108 Å². The number of benzene rings is 4. The van der Waals surface area contributed by atoms with E-state index in [1.807, 2.05) is 48.5 Å². The van der Waals surface area contributed by atoms with Crippen molar-refractivity contribution in [3.8, 4) is 28.3 Å². The second-order valence-corrected chi connectivity index (χ2v) is 25.5. The van der Waals surface area contributed by atoms with Crippen LogP contribution in [0.4, 0.5) is 0 Å². The van der Waals surface area contributed by atoms with E-state index >= 15 is 0 Å². The normalized spacial score (nSPS) is 11.6. The second-order valence-electron chi connectivity index (χ2n) is 14.9. The van der Waals surface area contributed by atoms with Gasteiger partial charge >= 0.3 is 126 Å². The van der Waals surface area contributed by atoms with Crippen LogP contribution < -0.4 is 4.40 Å². The molecule has 5 nitrogen and oxygen atoms in total. The van der Waals surface area contributed by atoms with Gasteiger partial charge in [0.25, 0.3) is 0 Å². The third kappa shape index (κ3) is 7.43. The van der Waals surface area contributed by atoms with Gasteiger partial charge in [-0.3, -0.25) is 4.98 Å². The fourth-order valence-electron chi connectivity index (χ4n) is 7.17. The van der Waals surface area contributed by atoms with Crippen LogP contribution in [-0.2, 0) is 26.5 Å². The molecule has 52 heavy (non-hydrogen) atoms. The summed E-state index contributed by atoms with van der Waals surface area (Å²) in [6.07, 6.45) is 5.02. The van der Waals surface area contributed by atoms with Crippen molar-refractivity contribution < 1.29 is 24.5 Å². The van der Waals surface area contributed by atoms with Crippen molar-refractivity contribution >= 4 is 50.8 Å². The molecular weight excluding hydrogens is 877 g/mol. The average molecular weight is 922 g/mol. The van der Waals surface area contributed by atoms with Crippen LogP contribution in [0.25, 0.3) is 61.4 Å². The zero-order valence-corrected chi connectivity index (χ0v) is 35.6. The van der Waals surface area contributed by atoms with Gasteiger partial charge in [0.1, 0.15) is 0 Å². The number of para-hydroxylation sites is 2. The molecule has 0 N–H and O–H groups in total. The number of nitrogens with zero attached hydrogens (tertiary/aromatic N) is 4. The van der Waals surface area contributed by atoms with E-state index in [1.54, 1.807) is 10.6 Å². The van der Waals surface area contributed by atoms with Crippen molar-refractivity contribution in [1.82, 2.24) is 19.5 Å². The number of rotatable bonds is 6. The minimum absolute atomic E-state index is 0. The average Bonchev–Trinajstić information content (AvgIpc) is 3.67. The summed E-state index contributed by atoms with van der Waals surface area (Å²) in [6, 6.07) is 37.7. The SMILES string of the molecule is CC(C)Cc1cc(-c2[c-]cccc2)nc[c]1[Ge]([CH3])([CH3])[CH3].Cc1cc(C)c(-n2c(-c3[c-]ccc4c3oc3ncccc34)nc3ccccc32)c(C)c1.[Ir]. The molecule has 0 fully saturated rings. The second kappa shape index (κ2) is 15.3. The number of hydrogen-bond acceptors (Lipinski definition) is 4. The maximum atomic E-state index is 6.21. The van der Waals surface area contributed by atoms with Gasteiger partial charge in [-0.15, -0.1) is 18.2 Å². The third-order valence-corrected chi connectivity index (χ3v) is 13.6. The summed E-state index contributed by atoms with van der Waals surface area (Å²) < 4.78 is 9.99. The molecule has 8 rings (SSSR count). The number of furan rings is 1. The molecule has 265 valence electrons. The molecule has 0 aliphatic heterocycles. The first-order valence-corrected chi connectivity index (χ1v) is 25.0. The molecule has 4 aromatic heterocycles. The summed E-state index contributed by atoms with van der Waals surface area (Å²) >= 11 is -1.86. The number of aromatic nitrogens is 4. The number of imidazole rings is 1. The Morgan fingerprint density at radius 3 is 2.27 bits per heavy atom. The van der Waals surface area contributed by atoms with Crippen molar-refractivity contribution in [2.45, 2.75) is 58.3 Å². The molecule has 0 unspecified atom stereocenters. The Balaban J connectivity index is 0.000000193. The van der Waals surface area contributed by atoms with Gasteiger partial charge < -0.3 is 8.98 Å². The zero-order chi connectivity index (χ0) is 35.9. The summed E-state index contributed by atoms with van der Waals surface area (Å²) in [6.45, 7) is 11.0. The summed E-state index contributed by atoms with van der Waals surface area (Å²) in [7, 11) is 0. The molecule has 0 saturated heterocycles. The predicted octanol–water partition coefficient (Wildman–Crippen LogP) is 11.0. The van der Waals surface area contributed by atoms with Crippen molar-refractivity contribution in [3.05, 3.63) is 138 Å². The first-order chi connectivity index (χ1) is 24.5. The summed E-state index contributed by atoms with van der Waals surface area (Å²) in [4.78, 5) is 14.1. The summed E-state index contributed by atoms with van der Waals surface area (Å²) in [5.74, 6) is 8.81. The van der Waals surface area contributed by atoms with Gasteiger partial charge in [0.05, 0.1) is 22.4 Å². The Bertz CT molecular complexity index is 2490. The molecule has 4 heterocycles. The Morgan fingerprint density at radius 2 is 1.56 bits per heavy atom. The fraction of sp³-hybridized carbons (Fsp3) is 0.222. The van der Waals surface area contributed by atoms with E-state index in [0.29, 0.717) is 11.6 Å². The van der Waals surface area contributed by atoms with E-state index < -0.39 is 13.3 Å². The number of fused-ring (bicyclic) bond motifs is 4. The Kier molecular flexibility index (Phi) is 11.0. The minimum Gasteiger partial charge on any atom is -0.486 e. The number of aryl methyl sites for hydroxylation is 3. The van der Waals surface area contributed by atoms with Gasteiger partial charge in [0.15, 0.2) is 0 Å². The molecule has 0 atom stereocenters. The molecule has 0 aliphatic rings.